The van der Waals surface area contributed by atoms with Crippen molar-refractivity contribution in [3.63, 3.8) is 0 Å². The number of aromatic nitrogens is 1. The first kappa shape index (κ1) is 10.0. The minimum absolute atomic E-state index is 0.00523. The molecule has 0 saturated carbocycles. The number of rotatable bonds is 4. The van der Waals surface area contributed by atoms with Crippen molar-refractivity contribution in [2.75, 3.05) is 5.32 Å². The number of hydrogen-bond donors (Lipinski definition) is 2. The van der Waals surface area contributed by atoms with Crippen LogP contribution in [0.25, 0.3) is 5.53 Å². The maximum Gasteiger partial charge on any atom is 0.425 e. The van der Waals surface area contributed by atoms with E-state index in [9.17, 15) is 9.59 Å². The van der Waals surface area contributed by atoms with Crippen LogP contribution in [0.5, 0.6) is 0 Å². The average Bonchev–Trinajstić information content (AvgIpc) is 2.54. The number of nitrogens with zero attached hydrogens (tertiary/aromatic N) is 3. The number of carbonyl (C=O) groups excluding carboxylic acids is 1. The molecule has 7 nitrogen and oxygen atoms in total. The molecule has 0 fully saturated rings. The molecule has 0 bridgehead atoms. The first-order valence-electron chi connectivity index (χ1n) is 3.30. The van der Waals surface area contributed by atoms with E-state index in [0.29, 0.717) is 6.41 Å². The molecule has 1 amide bonds. The highest BCUT2D eigenvalue weighted by molar-refractivity contribution is 7.14. The lowest BCUT2D eigenvalue weighted by molar-refractivity contribution is -0.133. The normalized spacial score (nSPS) is 8.86. The number of carbonyl (C=O) groups is 2. The molecule has 1 aromatic rings. The smallest absolute Gasteiger partial charge is 0.425 e. The maximum atomic E-state index is 10.5. The predicted octanol–water partition coefficient (Wildman–Crippen LogP) is -0.185. The fraction of sp³-hybridized carbons (Fsp3) is 0. The van der Waals surface area contributed by atoms with E-state index in [1.807, 2.05) is 0 Å². The molecule has 1 aromatic heterocycles. The van der Waals surface area contributed by atoms with Gasteiger partial charge in [0, 0.05) is 5.38 Å². The summed E-state index contributed by atoms with van der Waals surface area (Å²) in [5, 5.41) is 12.4. The zero-order valence-corrected chi connectivity index (χ0v) is 7.48. The standard InChI is InChI=1S/C6H4N4O3S/c7-10-4(5(12)13)3-1-14-6(9-3)8-2-11/h1-2H,(H,12,13)(H,8,9,11). The summed E-state index contributed by atoms with van der Waals surface area (Å²) in [5.74, 6) is -1.39. The van der Waals surface area contributed by atoms with Gasteiger partial charge in [0.05, 0.1) is 0 Å². The highest BCUT2D eigenvalue weighted by Crippen LogP contribution is 2.14. The van der Waals surface area contributed by atoms with Crippen LogP contribution in [0.4, 0.5) is 5.13 Å². The summed E-state index contributed by atoms with van der Waals surface area (Å²) in [4.78, 5) is 26.8. The van der Waals surface area contributed by atoms with Gasteiger partial charge >= 0.3 is 11.7 Å². The second-order valence-corrected chi connectivity index (χ2v) is 2.91. The lowest BCUT2D eigenvalue weighted by atomic mass is 10.3. The molecule has 0 spiro atoms. The van der Waals surface area contributed by atoms with Crippen molar-refractivity contribution in [2.45, 2.75) is 0 Å². The van der Waals surface area contributed by atoms with Crippen LogP contribution in [0.3, 0.4) is 0 Å². The highest BCUT2D eigenvalue weighted by Gasteiger charge is 2.24. The van der Waals surface area contributed by atoms with Crippen molar-refractivity contribution < 1.29 is 19.5 Å². The summed E-state index contributed by atoms with van der Waals surface area (Å²) in [6.07, 6.45) is 0.416. The number of hydrogen-bond acceptors (Lipinski definition) is 4. The summed E-state index contributed by atoms with van der Waals surface area (Å²) in [7, 11) is 0. The fourth-order valence-corrected chi connectivity index (χ4v) is 1.36. The molecule has 0 saturated heterocycles. The Hall–Kier alpha value is -2.05. The fourth-order valence-electron chi connectivity index (χ4n) is 0.703. The van der Waals surface area contributed by atoms with Gasteiger partial charge in [0.1, 0.15) is 0 Å². The van der Waals surface area contributed by atoms with Gasteiger partial charge in [0.15, 0.2) is 10.8 Å². The van der Waals surface area contributed by atoms with Gasteiger partial charge in [0.25, 0.3) is 0 Å². The lowest BCUT2D eigenvalue weighted by Gasteiger charge is -1.85. The first-order chi connectivity index (χ1) is 6.69. The van der Waals surface area contributed by atoms with E-state index in [-0.39, 0.29) is 10.8 Å². The number of nitrogens with one attached hydrogen (secondary N) is 1. The topological polar surface area (TPSA) is 116 Å². The molecule has 72 valence electrons. The summed E-state index contributed by atoms with van der Waals surface area (Å²) in [6.45, 7) is 0. The summed E-state index contributed by atoms with van der Waals surface area (Å²) < 4.78 is 0. The number of aliphatic carboxylic acids is 1. The molecular weight excluding hydrogens is 208 g/mol. The van der Waals surface area contributed by atoms with E-state index >= 15 is 0 Å². The van der Waals surface area contributed by atoms with Gasteiger partial charge in [-0.2, -0.15) is 4.79 Å². The third kappa shape index (κ3) is 2.00. The van der Waals surface area contributed by atoms with Gasteiger partial charge in [-0.05, 0) is 0 Å². The van der Waals surface area contributed by atoms with Crippen LogP contribution in [0.1, 0.15) is 5.69 Å². The molecule has 0 atom stereocenters. The first-order valence-corrected chi connectivity index (χ1v) is 4.18. The van der Waals surface area contributed by atoms with Gasteiger partial charge in [-0.1, -0.05) is 0 Å². The molecule has 14 heavy (non-hydrogen) atoms. The van der Waals surface area contributed by atoms with E-state index in [1.165, 1.54) is 5.38 Å². The van der Waals surface area contributed by atoms with Crippen molar-refractivity contribution >= 4 is 34.6 Å². The second-order valence-electron chi connectivity index (χ2n) is 2.05. The van der Waals surface area contributed by atoms with Gasteiger partial charge in [-0.15, -0.1) is 11.3 Å². The summed E-state index contributed by atoms with van der Waals surface area (Å²) in [5.41, 5.74) is 7.80. The Balaban J connectivity index is 3.01. The third-order valence-corrected chi connectivity index (χ3v) is 2.01. The van der Waals surface area contributed by atoms with Crippen LogP contribution >= 0.6 is 11.3 Å². The Labute approximate surface area is 81.6 Å². The molecule has 1 heterocycles. The molecule has 0 aliphatic carbocycles. The Morgan fingerprint density at radius 2 is 2.50 bits per heavy atom. The van der Waals surface area contributed by atoms with Gasteiger partial charge in [0.2, 0.25) is 6.41 Å². The van der Waals surface area contributed by atoms with Crippen molar-refractivity contribution in [2.24, 2.45) is 0 Å². The summed E-state index contributed by atoms with van der Waals surface area (Å²) >= 11 is 1.03. The second kappa shape index (κ2) is 4.26. The molecular formula is C6H4N4O3S. The average molecular weight is 212 g/mol. The van der Waals surface area contributed by atoms with Crippen LogP contribution in [-0.4, -0.2) is 33.0 Å². The Morgan fingerprint density at radius 3 is 3.00 bits per heavy atom. The molecule has 0 aliphatic rings. The number of carboxylic acids is 1. The molecule has 0 aromatic carbocycles. The van der Waals surface area contributed by atoms with Crippen LogP contribution in [0, 0.1) is 0 Å². The van der Waals surface area contributed by atoms with E-state index in [0.717, 1.165) is 11.3 Å². The van der Waals surface area contributed by atoms with Gasteiger partial charge < -0.3 is 16.0 Å². The van der Waals surface area contributed by atoms with Crippen molar-refractivity contribution in [3.8, 4) is 0 Å². The number of thiazole rings is 1. The van der Waals surface area contributed by atoms with Crippen LogP contribution < -0.4 is 5.32 Å². The highest BCUT2D eigenvalue weighted by atomic mass is 32.1. The van der Waals surface area contributed by atoms with Gasteiger partial charge in [-0.3, -0.25) is 4.79 Å². The molecule has 2 N–H and O–H groups in total. The molecule has 0 radical (unpaired) electrons. The predicted molar refractivity (Wildman–Crippen MR) is 47.2 cm³/mol. The zero-order chi connectivity index (χ0) is 10.6. The van der Waals surface area contributed by atoms with Crippen molar-refractivity contribution in [1.29, 1.82) is 0 Å². The SMILES string of the molecule is [N-]=[N+]=C(C(=O)O)c1csc(NC=O)n1. The number of carboxylic acid groups (broad SMARTS) is 1. The number of anilines is 1. The molecule has 0 unspecified atom stereocenters. The minimum atomic E-state index is -1.39. The Kier molecular flexibility index (Phi) is 3.05. The summed E-state index contributed by atoms with van der Waals surface area (Å²) in [6, 6.07) is 0. The van der Waals surface area contributed by atoms with E-state index < -0.39 is 11.7 Å². The Bertz CT molecular complexity index is 420. The minimum Gasteiger partial charge on any atom is -0.472 e. The monoisotopic (exact) mass is 212 g/mol. The van der Waals surface area contributed by atoms with E-state index in [1.54, 1.807) is 0 Å². The number of amides is 1. The third-order valence-electron chi connectivity index (χ3n) is 1.23. The zero-order valence-electron chi connectivity index (χ0n) is 6.67. The van der Waals surface area contributed by atoms with Crippen LogP contribution in [-0.2, 0) is 9.59 Å². The lowest BCUT2D eigenvalue weighted by Crippen LogP contribution is -2.15. The van der Waals surface area contributed by atoms with Crippen LogP contribution in [0.2, 0.25) is 0 Å². The van der Waals surface area contributed by atoms with E-state index in [2.05, 4.69) is 15.1 Å². The van der Waals surface area contributed by atoms with Crippen LogP contribution in [0.15, 0.2) is 5.38 Å². The molecule has 1 rings (SSSR count). The van der Waals surface area contributed by atoms with Crippen molar-refractivity contribution in [1.82, 2.24) is 4.98 Å². The molecule has 0 aliphatic heterocycles. The largest absolute Gasteiger partial charge is 0.472 e. The maximum absolute atomic E-state index is 10.5. The molecule has 8 heteroatoms. The Morgan fingerprint density at radius 1 is 1.79 bits per heavy atom. The van der Waals surface area contributed by atoms with Gasteiger partial charge in [-0.25, -0.2) is 9.78 Å². The van der Waals surface area contributed by atoms with Crippen molar-refractivity contribution in [3.05, 3.63) is 16.6 Å². The van der Waals surface area contributed by atoms with E-state index in [4.69, 9.17) is 10.6 Å². The quantitative estimate of drug-likeness (QED) is 0.311.